The summed E-state index contributed by atoms with van der Waals surface area (Å²) in [6.07, 6.45) is -3.94. The van der Waals surface area contributed by atoms with E-state index in [1.54, 1.807) is 19.1 Å². The van der Waals surface area contributed by atoms with Crippen LogP contribution in [0.3, 0.4) is 0 Å². The van der Waals surface area contributed by atoms with Crippen molar-refractivity contribution in [1.82, 2.24) is 4.90 Å². The molecule has 40 heavy (non-hydrogen) atoms. The van der Waals surface area contributed by atoms with Gasteiger partial charge in [0.15, 0.2) is 0 Å². The Morgan fingerprint density at radius 3 is 2.27 bits per heavy atom. The number of hydrogen-bond donors (Lipinski definition) is 1. The molecule has 4 rings (SSSR count). The van der Waals surface area contributed by atoms with Crippen molar-refractivity contribution in [3.05, 3.63) is 94.8 Å². The van der Waals surface area contributed by atoms with E-state index in [-0.39, 0.29) is 23.4 Å². The van der Waals surface area contributed by atoms with Crippen LogP contribution >= 0.6 is 0 Å². The molecule has 0 aromatic heterocycles. The number of rotatable bonds is 5. The van der Waals surface area contributed by atoms with Gasteiger partial charge in [0.1, 0.15) is 11.6 Å². The second-order valence-corrected chi connectivity index (χ2v) is 11.1. The number of piperidine rings is 1. The maximum atomic E-state index is 14.8. The largest absolute Gasteiger partial charge is 0.573 e. The molecule has 0 saturated carbocycles. The van der Waals surface area contributed by atoms with E-state index >= 15 is 0 Å². The molecule has 1 heterocycles. The number of alkyl halides is 3. The molecule has 1 aliphatic heterocycles. The molecule has 2 amide bonds. The maximum Gasteiger partial charge on any atom is 0.573 e. The number of anilines is 1. The minimum absolute atomic E-state index is 0.0940. The Morgan fingerprint density at radius 2 is 1.65 bits per heavy atom. The number of benzene rings is 3. The number of ether oxygens (including phenoxy) is 1. The van der Waals surface area contributed by atoms with Crippen molar-refractivity contribution in [1.29, 1.82) is 0 Å². The third kappa shape index (κ3) is 6.63. The number of hydrogen-bond acceptors (Lipinski definition) is 3. The number of carbonyl (C=O) groups excluding carboxylic acids is 2. The fourth-order valence-electron chi connectivity index (χ4n) is 5.12. The third-order valence-corrected chi connectivity index (χ3v) is 7.12. The van der Waals surface area contributed by atoms with E-state index in [2.05, 4.69) is 30.8 Å². The zero-order valence-electron chi connectivity index (χ0n) is 22.8. The second-order valence-electron chi connectivity index (χ2n) is 11.1. The molecule has 2 atom stereocenters. The molecular weight excluding hydrogens is 524 g/mol. The lowest BCUT2D eigenvalue weighted by molar-refractivity contribution is -0.274. The van der Waals surface area contributed by atoms with Gasteiger partial charge in [-0.25, -0.2) is 4.39 Å². The Balaban J connectivity index is 1.71. The van der Waals surface area contributed by atoms with Crippen LogP contribution in [0.5, 0.6) is 5.75 Å². The molecule has 3 aromatic carbocycles. The lowest BCUT2D eigenvalue weighted by Crippen LogP contribution is -2.46. The van der Waals surface area contributed by atoms with E-state index in [0.717, 1.165) is 17.7 Å². The van der Waals surface area contributed by atoms with Crippen LogP contribution in [0.2, 0.25) is 0 Å². The molecule has 0 unspecified atom stereocenters. The summed E-state index contributed by atoms with van der Waals surface area (Å²) in [6.45, 7) is 8.06. The number of nitrogens with one attached hydrogen (secondary N) is 1. The summed E-state index contributed by atoms with van der Waals surface area (Å²) < 4.78 is 57.0. The van der Waals surface area contributed by atoms with Crippen molar-refractivity contribution in [2.75, 3.05) is 11.9 Å². The molecule has 212 valence electrons. The van der Waals surface area contributed by atoms with E-state index in [1.807, 2.05) is 18.2 Å². The van der Waals surface area contributed by atoms with Crippen LogP contribution in [-0.4, -0.2) is 29.6 Å². The molecule has 9 heteroatoms. The summed E-state index contributed by atoms with van der Waals surface area (Å²) in [5.41, 5.74) is 2.28. The van der Waals surface area contributed by atoms with Gasteiger partial charge in [-0.1, -0.05) is 57.2 Å². The molecule has 0 spiro atoms. The molecule has 1 saturated heterocycles. The number of halogens is 4. The molecule has 3 aromatic rings. The first-order chi connectivity index (χ1) is 18.7. The molecule has 1 aliphatic rings. The number of carbonyl (C=O) groups is 2. The van der Waals surface area contributed by atoms with Crippen LogP contribution in [0.1, 0.15) is 66.7 Å². The fraction of sp³-hybridized carbons (Fsp3) is 0.355. The zero-order valence-corrected chi connectivity index (χ0v) is 22.8. The Morgan fingerprint density at radius 1 is 0.975 bits per heavy atom. The van der Waals surface area contributed by atoms with Gasteiger partial charge in [0.2, 0.25) is 5.91 Å². The average Bonchev–Trinajstić information content (AvgIpc) is 2.87. The lowest BCUT2D eigenvalue weighted by Gasteiger charge is -2.41. The van der Waals surface area contributed by atoms with Gasteiger partial charge in [-0.05, 0) is 72.2 Å². The van der Waals surface area contributed by atoms with Gasteiger partial charge in [-0.3, -0.25) is 9.59 Å². The van der Waals surface area contributed by atoms with Crippen molar-refractivity contribution in [2.45, 2.75) is 58.4 Å². The summed E-state index contributed by atoms with van der Waals surface area (Å²) in [5.74, 6) is -2.76. The van der Waals surface area contributed by atoms with Crippen molar-refractivity contribution in [3.8, 4) is 5.75 Å². The van der Waals surface area contributed by atoms with Crippen molar-refractivity contribution >= 4 is 17.5 Å². The van der Waals surface area contributed by atoms with E-state index in [1.165, 1.54) is 29.2 Å². The van der Waals surface area contributed by atoms with E-state index in [0.29, 0.717) is 29.7 Å². The molecule has 0 bridgehead atoms. The zero-order chi connectivity index (χ0) is 29.2. The van der Waals surface area contributed by atoms with Crippen LogP contribution in [-0.2, 0) is 10.2 Å². The third-order valence-electron chi connectivity index (χ3n) is 7.12. The highest BCUT2D eigenvalue weighted by Crippen LogP contribution is 2.39. The van der Waals surface area contributed by atoms with Gasteiger partial charge >= 0.3 is 6.36 Å². The van der Waals surface area contributed by atoms with E-state index < -0.39 is 35.8 Å². The fourth-order valence-corrected chi connectivity index (χ4v) is 5.12. The Bertz CT molecular complexity index is 1360. The van der Waals surface area contributed by atoms with Crippen molar-refractivity contribution in [3.63, 3.8) is 0 Å². The summed E-state index contributed by atoms with van der Waals surface area (Å²) in [5, 5.41) is 2.96. The molecular formula is C31H32F4N2O3. The van der Waals surface area contributed by atoms with Gasteiger partial charge in [-0.2, -0.15) is 0 Å². The normalized spacial score (nSPS) is 17.9. The minimum atomic E-state index is -4.86. The first-order valence-electron chi connectivity index (χ1n) is 13.1. The molecule has 1 fully saturated rings. The Labute approximate surface area is 231 Å². The predicted molar refractivity (Wildman–Crippen MR) is 145 cm³/mol. The molecule has 0 aliphatic carbocycles. The average molecular weight is 557 g/mol. The van der Waals surface area contributed by atoms with Crippen molar-refractivity contribution < 1.29 is 31.9 Å². The van der Waals surface area contributed by atoms with Gasteiger partial charge in [0.25, 0.3) is 5.91 Å². The van der Waals surface area contributed by atoms with Crippen molar-refractivity contribution in [2.24, 2.45) is 5.92 Å². The minimum Gasteiger partial charge on any atom is -0.406 e. The maximum absolute atomic E-state index is 14.8. The standard InChI is InChI=1S/C31H32F4N2O3/c1-19-8-5-12-25(32)26(19)29(39)37-17-7-11-24(27(37)20-13-15-23(16-14-20)40-31(33,34)35)28(38)36-22-10-6-9-21(18-22)30(2,3)4/h5-6,8-10,12-16,18,24,27H,7,11,17H2,1-4H3,(H,36,38)/t24-,27-/m0/s1. The number of nitrogens with zero attached hydrogens (tertiary/aromatic N) is 1. The highest BCUT2D eigenvalue weighted by Gasteiger charge is 2.41. The molecule has 1 N–H and O–H groups in total. The van der Waals surface area contributed by atoms with E-state index in [9.17, 15) is 27.2 Å². The van der Waals surface area contributed by atoms with Crippen LogP contribution in [0.15, 0.2) is 66.7 Å². The van der Waals surface area contributed by atoms with Crippen LogP contribution in [0.4, 0.5) is 23.2 Å². The topological polar surface area (TPSA) is 58.6 Å². The SMILES string of the molecule is Cc1cccc(F)c1C(=O)N1CCC[C@H](C(=O)Nc2cccc(C(C)(C)C)c2)[C@@H]1c1ccc(OC(F)(F)F)cc1. The van der Waals surface area contributed by atoms with Crippen LogP contribution < -0.4 is 10.1 Å². The summed E-state index contributed by atoms with van der Waals surface area (Å²) >= 11 is 0. The quantitative estimate of drug-likeness (QED) is 0.330. The van der Waals surface area contributed by atoms with Crippen LogP contribution in [0, 0.1) is 18.7 Å². The summed E-state index contributed by atoms with van der Waals surface area (Å²) in [4.78, 5) is 28.9. The predicted octanol–water partition coefficient (Wildman–Crippen LogP) is 7.56. The Kier molecular flexibility index (Phi) is 8.23. The van der Waals surface area contributed by atoms with Gasteiger partial charge in [-0.15, -0.1) is 13.2 Å². The number of amides is 2. The lowest BCUT2D eigenvalue weighted by atomic mass is 9.83. The van der Waals surface area contributed by atoms with Gasteiger partial charge in [0, 0.05) is 12.2 Å². The number of likely N-dealkylation sites (tertiary alicyclic amines) is 1. The summed E-state index contributed by atoms with van der Waals surface area (Å²) in [6, 6.07) is 16.1. The Hall–Kier alpha value is -3.88. The second kappa shape index (κ2) is 11.3. The first-order valence-corrected chi connectivity index (χ1v) is 13.1. The first kappa shape index (κ1) is 29.1. The van der Waals surface area contributed by atoms with Gasteiger partial charge in [0.05, 0.1) is 17.5 Å². The van der Waals surface area contributed by atoms with E-state index in [4.69, 9.17) is 0 Å². The monoisotopic (exact) mass is 556 g/mol. The number of aryl methyl sites for hydroxylation is 1. The molecule has 5 nitrogen and oxygen atoms in total. The molecule has 0 radical (unpaired) electrons. The van der Waals surface area contributed by atoms with Gasteiger partial charge < -0.3 is 15.0 Å². The smallest absolute Gasteiger partial charge is 0.406 e. The summed E-state index contributed by atoms with van der Waals surface area (Å²) in [7, 11) is 0. The highest BCUT2D eigenvalue weighted by atomic mass is 19.4. The van der Waals surface area contributed by atoms with Crippen LogP contribution in [0.25, 0.3) is 0 Å². The highest BCUT2D eigenvalue weighted by molar-refractivity contribution is 5.98.